The zero-order valence-electron chi connectivity index (χ0n) is 16.2. The Morgan fingerprint density at radius 2 is 1.58 bits per heavy atom. The van der Waals surface area contributed by atoms with E-state index in [4.69, 9.17) is 0 Å². The van der Waals surface area contributed by atoms with Crippen LogP contribution in [0.15, 0.2) is 0 Å². The molecule has 26 heavy (non-hydrogen) atoms. The molecule has 148 valence electrons. The molecule has 0 spiro atoms. The molecule has 4 bridgehead atoms. The van der Waals surface area contributed by atoms with Crippen molar-refractivity contribution in [3.8, 4) is 0 Å². The Kier molecular flexibility index (Phi) is 5.10. The maximum Gasteiger partial charge on any atom is 0.222 e. The van der Waals surface area contributed by atoms with Gasteiger partial charge in [0.1, 0.15) is 0 Å². The van der Waals surface area contributed by atoms with Crippen LogP contribution in [-0.4, -0.2) is 56.0 Å². The van der Waals surface area contributed by atoms with Gasteiger partial charge in [0.05, 0.1) is 5.75 Å². The smallest absolute Gasteiger partial charge is 0.222 e. The van der Waals surface area contributed by atoms with E-state index in [1.165, 1.54) is 38.5 Å². The minimum absolute atomic E-state index is 0.115. The van der Waals surface area contributed by atoms with Crippen LogP contribution >= 0.6 is 0 Å². The maximum atomic E-state index is 12.6. The average molecular weight is 383 g/mol. The molecular formula is C20H34N2O3S. The van der Waals surface area contributed by atoms with Gasteiger partial charge >= 0.3 is 0 Å². The van der Waals surface area contributed by atoms with E-state index in [1.54, 1.807) is 4.31 Å². The van der Waals surface area contributed by atoms with Crippen LogP contribution in [0.3, 0.4) is 0 Å². The van der Waals surface area contributed by atoms with Crippen LogP contribution < -0.4 is 0 Å². The van der Waals surface area contributed by atoms with Gasteiger partial charge in [0, 0.05) is 33.1 Å². The predicted molar refractivity (Wildman–Crippen MR) is 102 cm³/mol. The van der Waals surface area contributed by atoms with Crippen LogP contribution in [0.2, 0.25) is 0 Å². The lowest BCUT2D eigenvalue weighted by atomic mass is 9.49. The Morgan fingerprint density at radius 3 is 2.12 bits per heavy atom. The highest BCUT2D eigenvalue weighted by atomic mass is 32.2. The molecule has 0 aromatic heterocycles. The molecule has 0 radical (unpaired) electrons. The van der Waals surface area contributed by atoms with E-state index in [9.17, 15) is 13.2 Å². The van der Waals surface area contributed by atoms with Gasteiger partial charge in [-0.1, -0.05) is 0 Å². The Labute approximate surface area is 158 Å². The quantitative estimate of drug-likeness (QED) is 0.680. The Balaban J connectivity index is 1.26. The third-order valence-corrected chi connectivity index (χ3v) is 9.37. The van der Waals surface area contributed by atoms with Gasteiger partial charge in [0.25, 0.3) is 0 Å². The number of hydrogen-bond acceptors (Lipinski definition) is 3. The van der Waals surface area contributed by atoms with Crippen molar-refractivity contribution in [2.45, 2.75) is 64.2 Å². The van der Waals surface area contributed by atoms with Gasteiger partial charge in [-0.2, -0.15) is 0 Å². The van der Waals surface area contributed by atoms with Crippen LogP contribution in [0.5, 0.6) is 0 Å². The van der Waals surface area contributed by atoms with Crippen molar-refractivity contribution in [1.29, 1.82) is 0 Å². The van der Waals surface area contributed by atoms with E-state index in [-0.39, 0.29) is 11.7 Å². The van der Waals surface area contributed by atoms with Crippen molar-refractivity contribution in [2.24, 2.45) is 23.2 Å². The van der Waals surface area contributed by atoms with Crippen molar-refractivity contribution in [2.75, 3.05) is 32.4 Å². The number of amides is 1. The van der Waals surface area contributed by atoms with Crippen molar-refractivity contribution in [3.05, 3.63) is 0 Å². The summed E-state index contributed by atoms with van der Waals surface area (Å²) in [6.07, 6.45) is 10.9. The van der Waals surface area contributed by atoms with Gasteiger partial charge in [-0.15, -0.1) is 0 Å². The second kappa shape index (κ2) is 7.08. The Hall–Kier alpha value is -0.620. The van der Waals surface area contributed by atoms with Crippen LogP contribution in [-0.2, 0) is 14.8 Å². The third kappa shape index (κ3) is 3.82. The first-order valence-electron chi connectivity index (χ1n) is 10.6. The topological polar surface area (TPSA) is 57.7 Å². The summed E-state index contributed by atoms with van der Waals surface area (Å²) in [6.45, 7) is 2.19. The molecule has 0 aromatic carbocycles. The molecule has 4 aliphatic carbocycles. The van der Waals surface area contributed by atoms with E-state index in [1.807, 2.05) is 11.9 Å². The van der Waals surface area contributed by atoms with Crippen LogP contribution in [0.1, 0.15) is 64.2 Å². The van der Waals surface area contributed by atoms with Gasteiger partial charge in [-0.25, -0.2) is 12.7 Å². The molecule has 5 nitrogen and oxygen atoms in total. The SMILES string of the molecule is CN(CC12CC3CC(CC(C3)C1)C2)C(=O)CCCS(=O)(=O)N1CCCC1. The van der Waals surface area contributed by atoms with Gasteiger partial charge in [-0.3, -0.25) is 4.79 Å². The molecule has 5 rings (SSSR count). The summed E-state index contributed by atoms with van der Waals surface area (Å²) in [7, 11) is -1.24. The first-order valence-corrected chi connectivity index (χ1v) is 12.2. The molecule has 0 N–H and O–H groups in total. The molecule has 1 saturated heterocycles. The molecule has 1 heterocycles. The standard InChI is InChI=1S/C20H34N2O3S/c1-21(15-20-12-16-9-17(13-20)11-18(10-16)14-20)19(23)5-4-8-26(24,25)22-6-2-3-7-22/h16-18H,2-15H2,1H3. The minimum Gasteiger partial charge on any atom is -0.345 e. The molecule has 0 atom stereocenters. The average Bonchev–Trinajstić information content (AvgIpc) is 3.08. The van der Waals surface area contributed by atoms with Crippen LogP contribution in [0.4, 0.5) is 0 Å². The number of hydrogen-bond donors (Lipinski definition) is 0. The minimum atomic E-state index is -3.16. The summed E-state index contributed by atoms with van der Waals surface area (Å²) in [4.78, 5) is 14.5. The highest BCUT2D eigenvalue weighted by Gasteiger charge is 2.51. The zero-order valence-corrected chi connectivity index (χ0v) is 17.0. The lowest BCUT2D eigenvalue weighted by molar-refractivity contribution is -0.135. The number of carbonyl (C=O) groups excluding carboxylic acids is 1. The van der Waals surface area contributed by atoms with E-state index < -0.39 is 10.0 Å². The van der Waals surface area contributed by atoms with Crippen LogP contribution in [0.25, 0.3) is 0 Å². The van der Waals surface area contributed by atoms with Crippen LogP contribution in [0, 0.1) is 23.2 Å². The molecule has 5 fully saturated rings. The normalized spacial score (nSPS) is 36.6. The largest absolute Gasteiger partial charge is 0.345 e. The van der Waals surface area contributed by atoms with E-state index in [0.717, 1.165) is 37.1 Å². The Morgan fingerprint density at radius 1 is 1.04 bits per heavy atom. The lowest BCUT2D eigenvalue weighted by Gasteiger charge is -2.57. The molecule has 5 aliphatic rings. The van der Waals surface area contributed by atoms with Gasteiger partial charge in [-0.05, 0) is 81.0 Å². The van der Waals surface area contributed by atoms with Gasteiger partial charge < -0.3 is 4.90 Å². The third-order valence-electron chi connectivity index (χ3n) is 7.41. The monoisotopic (exact) mass is 382 g/mol. The number of carbonyl (C=O) groups is 1. The summed E-state index contributed by atoms with van der Waals surface area (Å²) in [5.74, 6) is 2.93. The molecule has 0 aromatic rings. The number of rotatable bonds is 7. The van der Waals surface area contributed by atoms with Crippen molar-refractivity contribution >= 4 is 15.9 Å². The Bertz CT molecular complexity index is 604. The molecule has 0 unspecified atom stereocenters. The first kappa shape index (κ1) is 18.7. The zero-order chi connectivity index (χ0) is 18.4. The fourth-order valence-electron chi connectivity index (χ4n) is 6.77. The first-order chi connectivity index (χ1) is 12.4. The molecule has 1 aliphatic heterocycles. The summed E-state index contributed by atoms with van der Waals surface area (Å²) in [6, 6.07) is 0. The van der Waals surface area contributed by atoms with E-state index in [0.29, 0.717) is 31.3 Å². The fourth-order valence-corrected chi connectivity index (χ4v) is 8.35. The molecule has 1 amide bonds. The fraction of sp³-hybridized carbons (Fsp3) is 0.950. The molecule has 4 saturated carbocycles. The summed E-state index contributed by atoms with van der Waals surface area (Å²) in [5.41, 5.74) is 0.362. The predicted octanol–water partition coefficient (Wildman–Crippen LogP) is 2.87. The highest BCUT2D eigenvalue weighted by molar-refractivity contribution is 7.89. The molecule has 6 heteroatoms. The van der Waals surface area contributed by atoms with E-state index in [2.05, 4.69) is 0 Å². The van der Waals surface area contributed by atoms with E-state index >= 15 is 0 Å². The van der Waals surface area contributed by atoms with Gasteiger partial charge in [0.2, 0.25) is 15.9 Å². The summed E-state index contributed by atoms with van der Waals surface area (Å²) < 4.78 is 26.2. The summed E-state index contributed by atoms with van der Waals surface area (Å²) in [5, 5.41) is 0. The van der Waals surface area contributed by atoms with Gasteiger partial charge in [0.15, 0.2) is 0 Å². The lowest BCUT2D eigenvalue weighted by Crippen LogP contribution is -2.51. The maximum absolute atomic E-state index is 12.6. The van der Waals surface area contributed by atoms with Crippen molar-refractivity contribution in [1.82, 2.24) is 9.21 Å². The second-order valence-electron chi connectivity index (χ2n) is 9.69. The number of nitrogens with zero attached hydrogens (tertiary/aromatic N) is 2. The second-order valence-corrected chi connectivity index (χ2v) is 11.8. The summed E-state index contributed by atoms with van der Waals surface area (Å²) >= 11 is 0. The molecular weight excluding hydrogens is 348 g/mol. The van der Waals surface area contributed by atoms with Crippen molar-refractivity contribution in [3.63, 3.8) is 0 Å². The number of sulfonamides is 1. The van der Waals surface area contributed by atoms with Crippen molar-refractivity contribution < 1.29 is 13.2 Å². The highest BCUT2D eigenvalue weighted by Crippen LogP contribution is 2.60.